The van der Waals surface area contributed by atoms with Crippen molar-refractivity contribution in [1.82, 2.24) is 19.7 Å². The Hall–Kier alpha value is -3.16. The number of pyridine rings is 1. The molecule has 2 aromatic heterocycles. The summed E-state index contributed by atoms with van der Waals surface area (Å²) in [5.74, 6) is 0.677. The second kappa shape index (κ2) is 9.11. The maximum Gasteiger partial charge on any atom is 0.234 e. The topological polar surface area (TPSA) is 72.7 Å². The van der Waals surface area contributed by atoms with Crippen LogP contribution in [0.15, 0.2) is 78.1 Å². The van der Waals surface area contributed by atoms with E-state index in [-0.39, 0.29) is 16.8 Å². The third kappa shape index (κ3) is 4.53. The molecular formula is C22H18ClN5OS. The maximum absolute atomic E-state index is 12.4. The molecule has 1 N–H and O–H groups in total. The summed E-state index contributed by atoms with van der Waals surface area (Å²) in [4.78, 5) is 16.4. The van der Waals surface area contributed by atoms with Crippen molar-refractivity contribution in [2.45, 2.75) is 12.1 Å². The van der Waals surface area contributed by atoms with Crippen LogP contribution < -0.4 is 5.32 Å². The number of hydrogen-bond donors (Lipinski definition) is 1. The number of rotatable bonds is 6. The largest absolute Gasteiger partial charge is 0.323 e. The zero-order valence-electron chi connectivity index (χ0n) is 16.1. The molecule has 0 atom stereocenters. The van der Waals surface area contributed by atoms with Gasteiger partial charge in [0.2, 0.25) is 5.91 Å². The molecule has 4 rings (SSSR count). The lowest BCUT2D eigenvalue weighted by molar-refractivity contribution is -0.113. The van der Waals surface area contributed by atoms with Crippen molar-refractivity contribution in [3.63, 3.8) is 0 Å². The quantitative estimate of drug-likeness (QED) is 0.340. The maximum atomic E-state index is 12.4. The summed E-state index contributed by atoms with van der Waals surface area (Å²) in [6, 6.07) is 21.4. The van der Waals surface area contributed by atoms with Crippen LogP contribution in [0.5, 0.6) is 0 Å². The Morgan fingerprint density at radius 1 is 1.03 bits per heavy atom. The van der Waals surface area contributed by atoms with Gasteiger partial charge in [-0.2, -0.15) is 0 Å². The Kier molecular flexibility index (Phi) is 6.11. The number of thioether (sulfide) groups is 1. The first-order chi connectivity index (χ1) is 14.6. The van der Waals surface area contributed by atoms with Gasteiger partial charge in [0.25, 0.3) is 0 Å². The first-order valence-corrected chi connectivity index (χ1v) is 10.6. The van der Waals surface area contributed by atoms with Crippen molar-refractivity contribution < 1.29 is 4.79 Å². The Bertz CT molecular complexity index is 1160. The normalized spacial score (nSPS) is 10.7. The van der Waals surface area contributed by atoms with E-state index in [1.165, 1.54) is 11.8 Å². The van der Waals surface area contributed by atoms with Crippen molar-refractivity contribution in [1.29, 1.82) is 0 Å². The monoisotopic (exact) mass is 435 g/mol. The second-order valence-electron chi connectivity index (χ2n) is 6.52. The fraction of sp³-hybridized carbons (Fsp3) is 0.0909. The molecule has 0 fully saturated rings. The highest BCUT2D eigenvalue weighted by Gasteiger charge is 2.17. The molecule has 0 aliphatic heterocycles. The molecule has 0 saturated heterocycles. The Morgan fingerprint density at radius 2 is 1.80 bits per heavy atom. The van der Waals surface area contributed by atoms with E-state index in [2.05, 4.69) is 20.5 Å². The third-order valence-corrected chi connectivity index (χ3v) is 5.55. The Labute approximate surface area is 183 Å². The van der Waals surface area contributed by atoms with Crippen molar-refractivity contribution in [3.05, 3.63) is 83.6 Å². The SMILES string of the molecule is Cc1ccc(-n2c(SCC(=O)Nc3cccnc3Cl)nnc2-c2ccccc2)cc1. The van der Waals surface area contributed by atoms with Crippen LogP contribution in [-0.2, 0) is 4.79 Å². The summed E-state index contributed by atoms with van der Waals surface area (Å²) in [5, 5.41) is 12.4. The van der Waals surface area contributed by atoms with Gasteiger partial charge in [-0.1, -0.05) is 71.4 Å². The molecule has 0 saturated carbocycles. The minimum absolute atomic E-state index is 0.157. The molecule has 2 aromatic carbocycles. The number of hydrogen-bond acceptors (Lipinski definition) is 5. The Balaban J connectivity index is 1.60. The number of anilines is 1. The van der Waals surface area contributed by atoms with E-state index in [0.717, 1.165) is 22.6 Å². The van der Waals surface area contributed by atoms with E-state index < -0.39 is 0 Å². The number of carbonyl (C=O) groups is 1. The average Bonchev–Trinajstić information content (AvgIpc) is 3.19. The van der Waals surface area contributed by atoms with E-state index in [4.69, 9.17) is 11.6 Å². The predicted molar refractivity (Wildman–Crippen MR) is 120 cm³/mol. The first-order valence-electron chi connectivity index (χ1n) is 9.23. The van der Waals surface area contributed by atoms with E-state index in [1.807, 2.05) is 66.1 Å². The molecule has 2 heterocycles. The van der Waals surface area contributed by atoms with Crippen LogP contribution in [0.4, 0.5) is 5.69 Å². The summed E-state index contributed by atoms with van der Waals surface area (Å²) in [6.07, 6.45) is 1.57. The minimum atomic E-state index is -0.199. The molecule has 0 spiro atoms. The molecule has 0 aliphatic carbocycles. The molecule has 0 aliphatic rings. The van der Waals surface area contributed by atoms with E-state index in [1.54, 1.807) is 18.3 Å². The van der Waals surface area contributed by atoms with E-state index >= 15 is 0 Å². The van der Waals surface area contributed by atoms with Crippen LogP contribution in [0.2, 0.25) is 5.15 Å². The van der Waals surface area contributed by atoms with E-state index in [9.17, 15) is 4.79 Å². The fourth-order valence-electron chi connectivity index (χ4n) is 2.86. The number of amides is 1. The molecule has 6 nitrogen and oxygen atoms in total. The van der Waals surface area contributed by atoms with Crippen LogP contribution in [0.3, 0.4) is 0 Å². The molecule has 1 amide bonds. The first kappa shape index (κ1) is 20.1. The molecule has 4 aromatic rings. The van der Waals surface area contributed by atoms with Gasteiger partial charge in [-0.25, -0.2) is 4.98 Å². The molecule has 150 valence electrons. The number of carbonyl (C=O) groups excluding carboxylic acids is 1. The van der Waals surface area contributed by atoms with Gasteiger partial charge in [0.05, 0.1) is 11.4 Å². The lowest BCUT2D eigenvalue weighted by Gasteiger charge is -2.11. The highest BCUT2D eigenvalue weighted by atomic mass is 35.5. The highest BCUT2D eigenvalue weighted by Crippen LogP contribution is 2.28. The summed E-state index contributed by atoms with van der Waals surface area (Å²) >= 11 is 7.32. The van der Waals surface area contributed by atoms with Crippen molar-refractivity contribution >= 4 is 35.0 Å². The second-order valence-corrected chi connectivity index (χ2v) is 7.82. The van der Waals surface area contributed by atoms with Gasteiger partial charge in [-0.05, 0) is 31.2 Å². The van der Waals surface area contributed by atoms with Crippen molar-refractivity contribution in [2.75, 3.05) is 11.1 Å². The van der Waals surface area contributed by atoms with Crippen molar-refractivity contribution in [2.24, 2.45) is 0 Å². The van der Waals surface area contributed by atoms with Gasteiger partial charge >= 0.3 is 0 Å². The molecule has 30 heavy (non-hydrogen) atoms. The highest BCUT2D eigenvalue weighted by molar-refractivity contribution is 7.99. The van der Waals surface area contributed by atoms with Crippen LogP contribution >= 0.6 is 23.4 Å². The smallest absolute Gasteiger partial charge is 0.234 e. The predicted octanol–water partition coefficient (Wildman–Crippen LogP) is 5.02. The fourth-order valence-corrected chi connectivity index (χ4v) is 3.78. The third-order valence-electron chi connectivity index (χ3n) is 4.32. The standard InChI is InChI=1S/C22H18ClN5OS/c1-15-9-11-17(12-10-15)28-21(16-6-3-2-4-7-16)26-27-22(28)30-14-19(29)25-18-8-5-13-24-20(18)23/h2-13H,14H2,1H3,(H,25,29). The molecule has 0 bridgehead atoms. The van der Waals surface area contributed by atoms with Crippen LogP contribution in [0.1, 0.15) is 5.56 Å². The number of benzene rings is 2. The summed E-state index contributed by atoms with van der Waals surface area (Å²) in [6.45, 7) is 2.04. The summed E-state index contributed by atoms with van der Waals surface area (Å²) in [5.41, 5.74) is 3.52. The zero-order valence-corrected chi connectivity index (χ0v) is 17.7. The van der Waals surface area contributed by atoms with Gasteiger partial charge < -0.3 is 5.32 Å². The van der Waals surface area contributed by atoms with Gasteiger partial charge in [0.1, 0.15) is 0 Å². The Morgan fingerprint density at radius 3 is 2.53 bits per heavy atom. The van der Waals surface area contributed by atoms with Crippen molar-refractivity contribution in [3.8, 4) is 17.1 Å². The number of nitrogens with one attached hydrogen (secondary N) is 1. The molecule has 8 heteroatoms. The minimum Gasteiger partial charge on any atom is -0.323 e. The van der Waals surface area contributed by atoms with Gasteiger partial charge in [-0.3, -0.25) is 9.36 Å². The van der Waals surface area contributed by atoms with Gasteiger partial charge in [0, 0.05) is 17.4 Å². The number of halogens is 1. The number of nitrogens with zero attached hydrogens (tertiary/aromatic N) is 4. The number of aryl methyl sites for hydroxylation is 1. The summed E-state index contributed by atoms with van der Waals surface area (Å²) < 4.78 is 1.96. The number of aromatic nitrogens is 4. The van der Waals surface area contributed by atoms with E-state index in [0.29, 0.717) is 10.8 Å². The van der Waals surface area contributed by atoms with Gasteiger partial charge in [-0.15, -0.1) is 10.2 Å². The molecule has 0 radical (unpaired) electrons. The molecular weight excluding hydrogens is 418 g/mol. The van der Waals surface area contributed by atoms with Crippen LogP contribution in [0, 0.1) is 6.92 Å². The van der Waals surface area contributed by atoms with Gasteiger partial charge in [0.15, 0.2) is 16.1 Å². The zero-order chi connectivity index (χ0) is 20.9. The summed E-state index contributed by atoms with van der Waals surface area (Å²) in [7, 11) is 0. The average molecular weight is 436 g/mol. The lowest BCUT2D eigenvalue weighted by Crippen LogP contribution is -2.15. The molecule has 0 unspecified atom stereocenters. The van der Waals surface area contributed by atoms with Crippen LogP contribution in [0.25, 0.3) is 17.1 Å². The van der Waals surface area contributed by atoms with Crippen LogP contribution in [-0.4, -0.2) is 31.4 Å². The lowest BCUT2D eigenvalue weighted by atomic mass is 10.2.